The van der Waals surface area contributed by atoms with Crippen LogP contribution in [0.5, 0.6) is 17.2 Å². The smallest absolute Gasteiger partial charge is 0.261 e. The Hall–Kier alpha value is -4.59. The highest BCUT2D eigenvalue weighted by molar-refractivity contribution is 7.92. The molecule has 2 heterocycles. The van der Waals surface area contributed by atoms with E-state index in [1.165, 1.54) is 17.0 Å². The highest BCUT2D eigenvalue weighted by Crippen LogP contribution is 2.44. The Balaban J connectivity index is 1.28. The zero-order chi connectivity index (χ0) is 31.2. The normalized spacial score (nSPS) is 15.3. The Kier molecular flexibility index (Phi) is 7.48. The summed E-state index contributed by atoms with van der Waals surface area (Å²) >= 11 is 0. The van der Waals surface area contributed by atoms with E-state index < -0.39 is 53.7 Å². The third-order valence-corrected chi connectivity index (χ3v) is 11.2. The maximum Gasteiger partial charge on any atom is 0.261 e. The molecule has 1 amide bonds. The van der Waals surface area contributed by atoms with Crippen molar-refractivity contribution in [3.63, 3.8) is 0 Å². The average molecular weight is 636 g/mol. The van der Waals surface area contributed by atoms with Crippen molar-refractivity contribution in [2.75, 3.05) is 17.8 Å². The number of carbonyl (C=O) groups is 1. The predicted octanol–water partition coefficient (Wildman–Crippen LogP) is 3.55. The molecule has 11 nitrogen and oxygen atoms in total. The molecule has 4 N–H and O–H groups in total. The summed E-state index contributed by atoms with van der Waals surface area (Å²) in [7, 11) is -8.32. The molecule has 0 aliphatic carbocycles. The molecule has 0 radical (unpaired) electrons. The van der Waals surface area contributed by atoms with Gasteiger partial charge in [-0.3, -0.25) is 9.52 Å². The number of hydrogen-bond donors (Lipinski definition) is 4. The van der Waals surface area contributed by atoms with Crippen LogP contribution in [0, 0.1) is 0 Å². The number of fused-ring (bicyclic) bond motifs is 2. The highest BCUT2D eigenvalue weighted by atomic mass is 32.2. The van der Waals surface area contributed by atoms with Gasteiger partial charge in [-0.1, -0.05) is 48.5 Å². The first-order valence-electron chi connectivity index (χ1n) is 13.8. The van der Waals surface area contributed by atoms with Crippen molar-refractivity contribution in [2.45, 2.75) is 35.7 Å². The van der Waals surface area contributed by atoms with E-state index in [2.05, 4.69) is 4.72 Å². The van der Waals surface area contributed by atoms with E-state index >= 15 is 0 Å². The lowest BCUT2D eigenvalue weighted by molar-refractivity contribution is 0.0730. The molecular formula is C31H29N3O8S2. The number of sulfonamides is 2. The summed E-state index contributed by atoms with van der Waals surface area (Å²) in [5.41, 5.74) is 3.08. The molecule has 4 aromatic carbocycles. The SMILES string of the molecule is O=C(c1cc(S(=O)(=O)N2CCc3ccccc3C2)c(O)c(O)c1O)N1CCc2ccc(S(=O)(=O)Nc3ccccc3)cc2C1. The van der Waals surface area contributed by atoms with Crippen LogP contribution in [0.2, 0.25) is 0 Å². The van der Waals surface area contributed by atoms with Crippen LogP contribution in [0.1, 0.15) is 32.6 Å². The van der Waals surface area contributed by atoms with E-state index in [9.17, 15) is 36.9 Å². The van der Waals surface area contributed by atoms with Gasteiger partial charge in [0.1, 0.15) is 4.90 Å². The van der Waals surface area contributed by atoms with Crippen LogP contribution in [0.25, 0.3) is 0 Å². The second-order valence-electron chi connectivity index (χ2n) is 10.7. The first-order chi connectivity index (χ1) is 21.0. The lowest BCUT2D eigenvalue weighted by atomic mass is 9.99. The Labute approximate surface area is 254 Å². The minimum Gasteiger partial charge on any atom is -0.504 e. The van der Waals surface area contributed by atoms with Crippen molar-refractivity contribution >= 4 is 31.6 Å². The van der Waals surface area contributed by atoms with E-state index in [4.69, 9.17) is 0 Å². The largest absolute Gasteiger partial charge is 0.504 e. The number of rotatable bonds is 6. The molecule has 0 spiro atoms. The maximum atomic E-state index is 13.7. The molecule has 228 valence electrons. The fourth-order valence-corrected chi connectivity index (χ4v) is 8.20. The molecule has 0 saturated carbocycles. The Morgan fingerprint density at radius 3 is 2.09 bits per heavy atom. The number of nitrogens with one attached hydrogen (secondary N) is 1. The maximum absolute atomic E-state index is 13.7. The summed E-state index contributed by atoms with van der Waals surface area (Å²) < 4.78 is 57.0. The van der Waals surface area contributed by atoms with Crippen molar-refractivity contribution < 1.29 is 36.9 Å². The van der Waals surface area contributed by atoms with Crippen molar-refractivity contribution in [1.29, 1.82) is 0 Å². The van der Waals surface area contributed by atoms with Crippen LogP contribution in [0.4, 0.5) is 5.69 Å². The average Bonchev–Trinajstić information content (AvgIpc) is 3.02. The number of phenolic OH excluding ortho intramolecular Hbond substituents is 3. The quantitative estimate of drug-likeness (QED) is 0.234. The Bertz CT molecular complexity index is 2000. The molecule has 0 unspecified atom stereocenters. The number of benzene rings is 4. The molecular weight excluding hydrogens is 606 g/mol. The number of aromatic hydroxyl groups is 3. The van der Waals surface area contributed by atoms with Crippen LogP contribution >= 0.6 is 0 Å². The van der Waals surface area contributed by atoms with Crippen molar-refractivity contribution in [1.82, 2.24) is 9.21 Å². The topological polar surface area (TPSA) is 165 Å². The van der Waals surface area contributed by atoms with Crippen molar-refractivity contribution in [2.24, 2.45) is 0 Å². The number of nitrogens with zero attached hydrogens (tertiary/aromatic N) is 2. The molecule has 0 fully saturated rings. The van der Waals surface area contributed by atoms with E-state index in [1.807, 2.05) is 18.2 Å². The van der Waals surface area contributed by atoms with Gasteiger partial charge in [0, 0.05) is 31.9 Å². The second kappa shape index (κ2) is 11.2. The van der Waals surface area contributed by atoms with Crippen molar-refractivity contribution in [3.8, 4) is 17.2 Å². The zero-order valence-corrected chi connectivity index (χ0v) is 25.0. The standard InChI is InChI=1S/C31H29N3O8S2/c35-28-26(17-27(29(36)30(28)37)44(41,42)34-15-13-20-6-4-5-7-22(20)19-34)31(38)33-14-12-21-10-11-25(16-23(21)18-33)43(39,40)32-24-8-2-1-3-9-24/h1-11,16-17,32,35-37H,12-15,18-19H2. The van der Waals surface area contributed by atoms with Gasteiger partial charge in [0.05, 0.1) is 10.5 Å². The van der Waals surface area contributed by atoms with Crippen LogP contribution in [0.3, 0.4) is 0 Å². The first-order valence-corrected chi connectivity index (χ1v) is 16.7. The molecule has 0 atom stereocenters. The van der Waals surface area contributed by atoms with Crippen LogP contribution in [0.15, 0.2) is 88.7 Å². The zero-order valence-electron chi connectivity index (χ0n) is 23.3. The molecule has 13 heteroatoms. The van der Waals surface area contributed by atoms with Gasteiger partial charge < -0.3 is 20.2 Å². The summed E-state index contributed by atoms with van der Waals surface area (Å²) in [6.45, 7) is 0.314. The van der Waals surface area contributed by atoms with E-state index in [0.717, 1.165) is 27.1 Å². The number of carbonyl (C=O) groups excluding carboxylic acids is 1. The molecule has 44 heavy (non-hydrogen) atoms. The van der Waals surface area contributed by atoms with Gasteiger partial charge in [0.25, 0.3) is 15.9 Å². The number of anilines is 1. The molecule has 6 rings (SSSR count). The Morgan fingerprint density at radius 1 is 0.682 bits per heavy atom. The molecule has 0 aromatic heterocycles. The Morgan fingerprint density at radius 2 is 1.34 bits per heavy atom. The first kappa shape index (κ1) is 29.5. The van der Waals surface area contributed by atoms with E-state index in [0.29, 0.717) is 24.1 Å². The van der Waals surface area contributed by atoms with Gasteiger partial charge in [-0.05, 0) is 65.4 Å². The highest BCUT2D eigenvalue weighted by Gasteiger charge is 2.35. The summed E-state index contributed by atoms with van der Waals surface area (Å²) in [6.07, 6.45) is 0.814. The lowest BCUT2D eigenvalue weighted by Gasteiger charge is -2.30. The number of para-hydroxylation sites is 1. The predicted molar refractivity (Wildman–Crippen MR) is 161 cm³/mol. The van der Waals surface area contributed by atoms with E-state index in [1.54, 1.807) is 42.5 Å². The fraction of sp³-hybridized carbons (Fsp3) is 0.194. The number of hydrogen-bond acceptors (Lipinski definition) is 8. The summed E-state index contributed by atoms with van der Waals surface area (Å²) in [6, 6.07) is 21.3. The lowest BCUT2D eigenvalue weighted by Crippen LogP contribution is -2.37. The molecule has 2 aliphatic heterocycles. The molecule has 4 aromatic rings. The minimum absolute atomic E-state index is 0.00369. The fourth-order valence-electron chi connectivity index (χ4n) is 5.56. The summed E-state index contributed by atoms with van der Waals surface area (Å²) in [4.78, 5) is 14.3. The third-order valence-electron chi connectivity index (χ3n) is 7.97. The van der Waals surface area contributed by atoms with Gasteiger partial charge in [0.2, 0.25) is 15.8 Å². The van der Waals surface area contributed by atoms with Gasteiger partial charge in [0.15, 0.2) is 11.5 Å². The summed E-state index contributed by atoms with van der Waals surface area (Å²) in [5, 5.41) is 31.8. The van der Waals surface area contributed by atoms with Gasteiger partial charge in [-0.25, -0.2) is 16.8 Å². The van der Waals surface area contributed by atoms with Crippen LogP contribution < -0.4 is 4.72 Å². The molecule has 0 saturated heterocycles. The number of amides is 1. The minimum atomic E-state index is -4.39. The third kappa shape index (κ3) is 5.34. The van der Waals surface area contributed by atoms with Gasteiger partial charge in [-0.15, -0.1) is 0 Å². The second-order valence-corrected chi connectivity index (χ2v) is 14.3. The van der Waals surface area contributed by atoms with Crippen molar-refractivity contribution in [3.05, 3.63) is 107 Å². The molecule has 2 aliphatic rings. The number of phenols is 3. The van der Waals surface area contributed by atoms with Gasteiger partial charge in [-0.2, -0.15) is 4.31 Å². The van der Waals surface area contributed by atoms with E-state index in [-0.39, 0.29) is 31.1 Å². The molecule has 0 bridgehead atoms. The van der Waals surface area contributed by atoms with Crippen LogP contribution in [-0.2, 0) is 46.0 Å². The summed E-state index contributed by atoms with van der Waals surface area (Å²) in [5.74, 6) is -3.92. The van der Waals surface area contributed by atoms with Crippen LogP contribution in [-0.4, -0.2) is 60.4 Å². The monoisotopic (exact) mass is 635 g/mol. The van der Waals surface area contributed by atoms with Gasteiger partial charge >= 0.3 is 0 Å².